The Morgan fingerprint density at radius 3 is 2.52 bits per heavy atom. The van der Waals surface area contributed by atoms with E-state index < -0.39 is 27.8 Å². The van der Waals surface area contributed by atoms with Crippen molar-refractivity contribution in [3.05, 3.63) is 54.1 Å². The summed E-state index contributed by atoms with van der Waals surface area (Å²) in [6.45, 7) is 2.05. The maximum atomic E-state index is 13.4. The third-order valence-corrected chi connectivity index (χ3v) is 5.79. The Kier molecular flexibility index (Phi) is 4.91. The number of rotatable bonds is 5. The Balaban J connectivity index is 1.79. The van der Waals surface area contributed by atoms with Crippen molar-refractivity contribution in [3.8, 4) is 11.5 Å². The molecule has 5 nitrogen and oxygen atoms in total. The molecule has 0 radical (unpaired) electrons. The van der Waals surface area contributed by atoms with Crippen LogP contribution in [0.3, 0.4) is 0 Å². The van der Waals surface area contributed by atoms with Gasteiger partial charge in [0.2, 0.25) is 10.0 Å². The van der Waals surface area contributed by atoms with Gasteiger partial charge in [0.15, 0.2) is 23.1 Å². The number of fused-ring (bicyclic) bond motifs is 1. The molecule has 0 aliphatic carbocycles. The monoisotopic (exact) mass is 369 g/mol. The van der Waals surface area contributed by atoms with Gasteiger partial charge in [-0.15, -0.1) is 0 Å². The van der Waals surface area contributed by atoms with Gasteiger partial charge in [-0.2, -0.15) is 4.31 Å². The first kappa shape index (κ1) is 17.6. The van der Waals surface area contributed by atoms with Crippen LogP contribution in [0.4, 0.5) is 8.78 Å². The van der Waals surface area contributed by atoms with Crippen LogP contribution in [0.2, 0.25) is 0 Å². The summed E-state index contributed by atoms with van der Waals surface area (Å²) in [5.74, 6) is -1.16. The third kappa shape index (κ3) is 3.59. The van der Waals surface area contributed by atoms with Gasteiger partial charge in [-0.1, -0.05) is 19.1 Å². The van der Waals surface area contributed by atoms with Crippen molar-refractivity contribution >= 4 is 10.0 Å². The van der Waals surface area contributed by atoms with E-state index in [2.05, 4.69) is 0 Å². The summed E-state index contributed by atoms with van der Waals surface area (Å²) < 4.78 is 64.3. The summed E-state index contributed by atoms with van der Waals surface area (Å²) in [6, 6.07) is 9.63. The van der Waals surface area contributed by atoms with Crippen LogP contribution in [0, 0.1) is 11.6 Å². The highest BCUT2D eigenvalue weighted by molar-refractivity contribution is 7.89. The molecule has 25 heavy (non-hydrogen) atoms. The maximum absolute atomic E-state index is 13.4. The predicted molar refractivity (Wildman–Crippen MR) is 87.1 cm³/mol. The van der Waals surface area contributed by atoms with Gasteiger partial charge in [0, 0.05) is 6.54 Å². The summed E-state index contributed by atoms with van der Waals surface area (Å²) in [6.07, 6.45) is -0.505. The fourth-order valence-electron chi connectivity index (χ4n) is 2.56. The van der Waals surface area contributed by atoms with Crippen molar-refractivity contribution in [1.82, 2.24) is 4.31 Å². The Bertz CT molecular complexity index is 873. The van der Waals surface area contributed by atoms with Crippen LogP contribution in [-0.4, -0.2) is 38.5 Å². The van der Waals surface area contributed by atoms with Gasteiger partial charge in [0.25, 0.3) is 0 Å². The minimum atomic E-state index is -3.98. The number of sulfonamides is 1. The number of ether oxygens (including phenoxy) is 2. The minimum Gasteiger partial charge on any atom is -0.486 e. The van der Waals surface area contributed by atoms with Crippen molar-refractivity contribution < 1.29 is 26.7 Å². The Morgan fingerprint density at radius 2 is 1.84 bits per heavy atom. The first-order valence-electron chi connectivity index (χ1n) is 7.75. The second-order valence-electron chi connectivity index (χ2n) is 5.53. The molecule has 1 aliphatic rings. The fourth-order valence-corrected chi connectivity index (χ4v) is 4.06. The van der Waals surface area contributed by atoms with Gasteiger partial charge in [-0.3, -0.25) is 0 Å². The molecule has 134 valence electrons. The minimum absolute atomic E-state index is 0.0339. The SMILES string of the molecule is CCN(CC1COc2ccccc2O1)S(=O)(=O)c1ccc(F)c(F)c1. The zero-order valence-corrected chi connectivity index (χ0v) is 14.3. The van der Waals surface area contributed by atoms with Gasteiger partial charge in [-0.05, 0) is 30.3 Å². The molecule has 0 N–H and O–H groups in total. The summed E-state index contributed by atoms with van der Waals surface area (Å²) in [5.41, 5.74) is 0. The van der Waals surface area contributed by atoms with Crippen LogP contribution >= 0.6 is 0 Å². The normalized spacial score (nSPS) is 16.9. The maximum Gasteiger partial charge on any atom is 0.243 e. The number of hydrogen-bond donors (Lipinski definition) is 0. The molecule has 0 fully saturated rings. The van der Waals surface area contributed by atoms with Crippen LogP contribution in [0.1, 0.15) is 6.92 Å². The molecule has 1 heterocycles. The number of likely N-dealkylation sites (N-methyl/N-ethyl adjacent to an activating group) is 1. The van der Waals surface area contributed by atoms with E-state index in [-0.39, 0.29) is 24.6 Å². The standard InChI is InChI=1S/C17H17F2NO4S/c1-2-20(25(21,22)13-7-8-14(18)15(19)9-13)10-12-11-23-16-5-3-4-6-17(16)24-12/h3-9,12H,2,10-11H2,1H3. The van der Waals surface area contributed by atoms with Crippen LogP contribution in [-0.2, 0) is 10.0 Å². The lowest BCUT2D eigenvalue weighted by Crippen LogP contribution is -2.43. The second kappa shape index (κ2) is 6.97. The molecular weight excluding hydrogens is 352 g/mol. The van der Waals surface area contributed by atoms with E-state index in [9.17, 15) is 17.2 Å². The highest BCUT2D eigenvalue weighted by Gasteiger charge is 2.30. The highest BCUT2D eigenvalue weighted by Crippen LogP contribution is 2.31. The van der Waals surface area contributed by atoms with Crippen LogP contribution in [0.25, 0.3) is 0 Å². The van der Waals surface area contributed by atoms with Crippen molar-refractivity contribution in [1.29, 1.82) is 0 Å². The number of benzene rings is 2. The molecule has 0 saturated carbocycles. The van der Waals surface area contributed by atoms with Gasteiger partial charge >= 0.3 is 0 Å². The van der Waals surface area contributed by atoms with Gasteiger partial charge in [-0.25, -0.2) is 17.2 Å². The number of hydrogen-bond acceptors (Lipinski definition) is 4. The summed E-state index contributed by atoms with van der Waals surface area (Å²) >= 11 is 0. The molecule has 1 unspecified atom stereocenters. The average Bonchev–Trinajstić information content (AvgIpc) is 2.61. The Labute approximate surface area is 144 Å². The van der Waals surface area contributed by atoms with E-state index >= 15 is 0 Å². The molecule has 8 heteroatoms. The molecular formula is C17H17F2NO4S. The second-order valence-corrected chi connectivity index (χ2v) is 7.47. The smallest absolute Gasteiger partial charge is 0.243 e. The quantitative estimate of drug-likeness (QED) is 0.813. The molecule has 0 spiro atoms. The summed E-state index contributed by atoms with van der Waals surface area (Å²) in [7, 11) is -3.98. The molecule has 1 aliphatic heterocycles. The van der Waals surface area contributed by atoms with Crippen LogP contribution in [0.15, 0.2) is 47.4 Å². The van der Waals surface area contributed by atoms with E-state index in [1.807, 2.05) is 6.07 Å². The topological polar surface area (TPSA) is 55.8 Å². The van der Waals surface area contributed by atoms with E-state index in [0.717, 1.165) is 16.4 Å². The number of halogens is 2. The lowest BCUT2D eigenvalue weighted by atomic mass is 10.2. The molecule has 0 aromatic heterocycles. The number of nitrogens with zero attached hydrogens (tertiary/aromatic N) is 1. The largest absolute Gasteiger partial charge is 0.486 e. The molecule has 0 bridgehead atoms. The zero-order chi connectivity index (χ0) is 18.0. The molecule has 0 amide bonds. The Morgan fingerprint density at radius 1 is 1.12 bits per heavy atom. The van der Waals surface area contributed by atoms with E-state index in [4.69, 9.17) is 9.47 Å². The lowest BCUT2D eigenvalue weighted by Gasteiger charge is -2.30. The fraction of sp³-hybridized carbons (Fsp3) is 0.294. The van der Waals surface area contributed by atoms with E-state index in [1.165, 1.54) is 0 Å². The van der Waals surface area contributed by atoms with Gasteiger partial charge in [0.05, 0.1) is 11.4 Å². The lowest BCUT2D eigenvalue weighted by molar-refractivity contribution is 0.0771. The van der Waals surface area contributed by atoms with E-state index in [0.29, 0.717) is 17.6 Å². The molecule has 3 rings (SSSR count). The van der Waals surface area contributed by atoms with Gasteiger partial charge in [0.1, 0.15) is 12.7 Å². The van der Waals surface area contributed by atoms with Crippen molar-refractivity contribution in [2.45, 2.75) is 17.9 Å². The number of para-hydroxylation sites is 2. The Hall–Kier alpha value is -2.19. The predicted octanol–water partition coefficient (Wildman–Crippen LogP) is 2.82. The molecule has 2 aromatic carbocycles. The molecule has 1 atom stereocenters. The van der Waals surface area contributed by atoms with E-state index in [1.54, 1.807) is 25.1 Å². The summed E-state index contributed by atoms with van der Waals surface area (Å²) in [4.78, 5) is -0.301. The van der Waals surface area contributed by atoms with Crippen molar-refractivity contribution in [3.63, 3.8) is 0 Å². The van der Waals surface area contributed by atoms with Crippen molar-refractivity contribution in [2.75, 3.05) is 19.7 Å². The first-order valence-corrected chi connectivity index (χ1v) is 9.19. The van der Waals surface area contributed by atoms with Crippen LogP contribution < -0.4 is 9.47 Å². The van der Waals surface area contributed by atoms with Gasteiger partial charge < -0.3 is 9.47 Å². The average molecular weight is 369 g/mol. The highest BCUT2D eigenvalue weighted by atomic mass is 32.2. The zero-order valence-electron chi connectivity index (χ0n) is 13.5. The molecule has 0 saturated heterocycles. The molecule has 2 aromatic rings. The summed E-state index contributed by atoms with van der Waals surface area (Å²) in [5, 5.41) is 0. The van der Waals surface area contributed by atoms with Crippen molar-refractivity contribution in [2.24, 2.45) is 0 Å². The van der Waals surface area contributed by atoms with Crippen LogP contribution in [0.5, 0.6) is 11.5 Å². The third-order valence-electron chi connectivity index (χ3n) is 3.86. The first-order chi connectivity index (χ1) is 11.9.